The number of anilines is 1. The largest absolute Gasteiger partial charge is 0.397 e. The molecule has 5 nitrogen and oxygen atoms in total. The van der Waals surface area contributed by atoms with E-state index < -0.39 is 11.9 Å². The maximum Gasteiger partial charge on any atom is 0.264 e. The lowest BCUT2D eigenvalue weighted by Crippen LogP contribution is -2.42. The highest BCUT2D eigenvalue weighted by molar-refractivity contribution is 7.21. The van der Waals surface area contributed by atoms with Crippen molar-refractivity contribution in [3.05, 3.63) is 29.1 Å². The molecule has 1 unspecified atom stereocenters. The second-order valence-electron chi connectivity index (χ2n) is 3.94. The predicted octanol–water partition coefficient (Wildman–Crippen LogP) is 1.09. The van der Waals surface area contributed by atoms with E-state index in [9.17, 15) is 9.59 Å². The van der Waals surface area contributed by atoms with Crippen molar-refractivity contribution in [2.45, 2.75) is 13.0 Å². The van der Waals surface area contributed by atoms with E-state index in [4.69, 9.17) is 11.5 Å². The Labute approximate surface area is 108 Å². The number of carbonyl (C=O) groups excluding carboxylic acids is 2. The van der Waals surface area contributed by atoms with Gasteiger partial charge in [0.1, 0.15) is 10.9 Å². The second kappa shape index (κ2) is 4.66. The van der Waals surface area contributed by atoms with E-state index in [1.165, 1.54) is 18.3 Å². The number of hydrogen-bond donors (Lipinski definition) is 3. The van der Waals surface area contributed by atoms with Gasteiger partial charge >= 0.3 is 0 Å². The van der Waals surface area contributed by atoms with E-state index in [-0.39, 0.29) is 5.91 Å². The molecule has 18 heavy (non-hydrogen) atoms. The number of thiophene rings is 1. The van der Waals surface area contributed by atoms with Crippen molar-refractivity contribution in [2.24, 2.45) is 5.73 Å². The Balaban J connectivity index is 2.34. The van der Waals surface area contributed by atoms with Gasteiger partial charge in [0, 0.05) is 10.1 Å². The molecule has 2 rings (SSSR count). The van der Waals surface area contributed by atoms with Crippen molar-refractivity contribution in [3.63, 3.8) is 0 Å². The van der Waals surface area contributed by atoms with Gasteiger partial charge in [-0.05, 0) is 13.0 Å². The number of carbonyl (C=O) groups is 2. The maximum absolute atomic E-state index is 12.0. The third-order valence-corrected chi connectivity index (χ3v) is 3.80. The van der Waals surface area contributed by atoms with Crippen LogP contribution in [0.3, 0.4) is 0 Å². The van der Waals surface area contributed by atoms with Crippen molar-refractivity contribution in [2.75, 3.05) is 5.73 Å². The molecule has 1 atom stereocenters. The van der Waals surface area contributed by atoms with Crippen molar-refractivity contribution in [3.8, 4) is 0 Å². The van der Waals surface area contributed by atoms with Gasteiger partial charge in [0.05, 0.1) is 5.69 Å². The fraction of sp³-hybridized carbons (Fsp3) is 0.167. The van der Waals surface area contributed by atoms with Crippen molar-refractivity contribution in [1.29, 1.82) is 0 Å². The summed E-state index contributed by atoms with van der Waals surface area (Å²) < 4.78 is 0.937. The summed E-state index contributed by atoms with van der Waals surface area (Å²) in [6.07, 6.45) is 0. The molecule has 0 aliphatic heterocycles. The zero-order valence-electron chi connectivity index (χ0n) is 9.77. The normalized spacial score (nSPS) is 12.3. The zero-order valence-corrected chi connectivity index (χ0v) is 10.6. The number of nitrogen functional groups attached to an aromatic ring is 1. The highest BCUT2D eigenvalue weighted by atomic mass is 32.1. The molecule has 1 aromatic heterocycles. The minimum Gasteiger partial charge on any atom is -0.397 e. The first-order valence-corrected chi connectivity index (χ1v) is 6.19. The first-order chi connectivity index (χ1) is 8.50. The van der Waals surface area contributed by atoms with Crippen molar-refractivity contribution >= 4 is 38.9 Å². The lowest BCUT2D eigenvalue weighted by Gasteiger charge is -2.09. The van der Waals surface area contributed by atoms with Gasteiger partial charge in [-0.3, -0.25) is 9.59 Å². The molecule has 2 aromatic rings. The summed E-state index contributed by atoms with van der Waals surface area (Å²) in [5.74, 6) is -0.956. The van der Waals surface area contributed by atoms with Crippen LogP contribution in [0.25, 0.3) is 10.1 Å². The van der Waals surface area contributed by atoms with Gasteiger partial charge in [-0.25, -0.2) is 0 Å². The summed E-state index contributed by atoms with van der Waals surface area (Å²) in [6.45, 7) is 1.53. The van der Waals surface area contributed by atoms with Crippen LogP contribution in [-0.2, 0) is 4.79 Å². The Morgan fingerprint density at radius 3 is 2.61 bits per heavy atom. The smallest absolute Gasteiger partial charge is 0.264 e. The Kier molecular flexibility index (Phi) is 3.20. The molecular formula is C12H13N3O2S. The topological polar surface area (TPSA) is 98.2 Å². The fourth-order valence-electron chi connectivity index (χ4n) is 1.57. The van der Waals surface area contributed by atoms with E-state index in [2.05, 4.69) is 5.32 Å². The van der Waals surface area contributed by atoms with E-state index in [1.807, 2.05) is 24.3 Å². The van der Waals surface area contributed by atoms with Gasteiger partial charge in [-0.15, -0.1) is 11.3 Å². The number of fused-ring (bicyclic) bond motifs is 1. The van der Waals surface area contributed by atoms with E-state index in [0.717, 1.165) is 10.1 Å². The second-order valence-corrected chi connectivity index (χ2v) is 4.99. The first kappa shape index (κ1) is 12.4. The van der Waals surface area contributed by atoms with Gasteiger partial charge < -0.3 is 16.8 Å². The van der Waals surface area contributed by atoms with Crippen LogP contribution in [0.1, 0.15) is 16.6 Å². The number of hydrogen-bond acceptors (Lipinski definition) is 4. The molecule has 0 aliphatic rings. The summed E-state index contributed by atoms with van der Waals surface area (Å²) in [4.78, 5) is 23.3. The van der Waals surface area contributed by atoms with Crippen LogP contribution in [0.5, 0.6) is 0 Å². The van der Waals surface area contributed by atoms with Crippen LogP contribution in [-0.4, -0.2) is 17.9 Å². The van der Waals surface area contributed by atoms with Gasteiger partial charge in [-0.1, -0.05) is 18.2 Å². The number of nitrogens with one attached hydrogen (secondary N) is 1. The highest BCUT2D eigenvalue weighted by Crippen LogP contribution is 2.33. The monoisotopic (exact) mass is 263 g/mol. The fourth-order valence-corrected chi connectivity index (χ4v) is 2.59. The molecule has 6 heteroatoms. The van der Waals surface area contributed by atoms with Crippen LogP contribution < -0.4 is 16.8 Å². The molecule has 0 radical (unpaired) electrons. The number of primary amides is 1. The molecular weight excluding hydrogens is 250 g/mol. The molecule has 94 valence electrons. The predicted molar refractivity (Wildman–Crippen MR) is 72.4 cm³/mol. The van der Waals surface area contributed by atoms with Crippen molar-refractivity contribution < 1.29 is 9.59 Å². The summed E-state index contributed by atoms with van der Waals surface area (Å²) in [5.41, 5.74) is 11.5. The maximum atomic E-state index is 12.0. The van der Waals surface area contributed by atoms with Crippen LogP contribution in [0, 0.1) is 0 Å². The van der Waals surface area contributed by atoms with Gasteiger partial charge in [0.15, 0.2) is 0 Å². The average Bonchev–Trinajstić information content (AvgIpc) is 2.67. The summed E-state index contributed by atoms with van der Waals surface area (Å²) >= 11 is 1.30. The van der Waals surface area contributed by atoms with Gasteiger partial charge in [-0.2, -0.15) is 0 Å². The summed E-state index contributed by atoms with van der Waals surface area (Å²) in [5, 5.41) is 3.36. The van der Waals surface area contributed by atoms with Gasteiger partial charge in [0.2, 0.25) is 5.91 Å². The number of benzene rings is 1. The quantitative estimate of drug-likeness (QED) is 0.773. The summed E-state index contributed by atoms with van der Waals surface area (Å²) in [7, 11) is 0. The third kappa shape index (κ3) is 2.14. The van der Waals surface area contributed by atoms with E-state index >= 15 is 0 Å². The molecule has 0 fully saturated rings. The lowest BCUT2D eigenvalue weighted by molar-refractivity contribution is -0.119. The molecule has 1 aromatic carbocycles. The molecule has 0 saturated heterocycles. The number of nitrogens with two attached hydrogens (primary N) is 2. The molecule has 0 saturated carbocycles. The van der Waals surface area contributed by atoms with Crippen LogP contribution in [0.2, 0.25) is 0 Å². The van der Waals surface area contributed by atoms with E-state index in [0.29, 0.717) is 10.6 Å². The van der Waals surface area contributed by atoms with Crippen LogP contribution >= 0.6 is 11.3 Å². The van der Waals surface area contributed by atoms with Crippen molar-refractivity contribution in [1.82, 2.24) is 5.32 Å². The van der Waals surface area contributed by atoms with E-state index in [1.54, 1.807) is 0 Å². The Morgan fingerprint density at radius 1 is 1.33 bits per heavy atom. The molecule has 2 amide bonds. The highest BCUT2D eigenvalue weighted by Gasteiger charge is 2.19. The first-order valence-electron chi connectivity index (χ1n) is 5.38. The van der Waals surface area contributed by atoms with Crippen LogP contribution in [0.15, 0.2) is 24.3 Å². The SMILES string of the molecule is CC(NC(=O)c1sc2ccccc2c1N)C(N)=O. The standard InChI is InChI=1S/C12H13N3O2S/c1-6(11(14)16)15-12(17)10-9(13)7-4-2-3-5-8(7)18-10/h2-6H,13H2,1H3,(H2,14,16)(H,15,17). The minimum atomic E-state index is -0.720. The van der Waals surface area contributed by atoms with Gasteiger partial charge in [0.25, 0.3) is 5.91 Å². The Hall–Kier alpha value is -2.08. The number of amides is 2. The lowest BCUT2D eigenvalue weighted by atomic mass is 10.2. The minimum absolute atomic E-state index is 0.375. The number of rotatable bonds is 3. The third-order valence-electron chi connectivity index (χ3n) is 2.61. The Morgan fingerprint density at radius 2 is 2.00 bits per heavy atom. The zero-order chi connectivity index (χ0) is 13.3. The molecule has 5 N–H and O–H groups in total. The summed E-state index contributed by atoms with van der Waals surface area (Å²) in [6, 6.07) is 6.77. The average molecular weight is 263 g/mol. The Bertz CT molecular complexity index is 621. The molecule has 0 bridgehead atoms. The molecule has 0 spiro atoms. The molecule has 0 aliphatic carbocycles. The van der Waals surface area contributed by atoms with Crippen LogP contribution in [0.4, 0.5) is 5.69 Å². The molecule has 1 heterocycles.